The van der Waals surface area contributed by atoms with E-state index in [0.29, 0.717) is 12.3 Å². The van der Waals surface area contributed by atoms with Crippen molar-refractivity contribution in [3.8, 4) is 11.3 Å². The lowest BCUT2D eigenvalue weighted by Crippen LogP contribution is -2.35. The highest BCUT2D eigenvalue weighted by Crippen LogP contribution is 2.24. The Kier molecular flexibility index (Phi) is 3.48. The Hall–Kier alpha value is -1.68. The summed E-state index contributed by atoms with van der Waals surface area (Å²) in [5, 5.41) is 7.18. The Morgan fingerprint density at radius 3 is 2.50 bits per heavy atom. The molecule has 1 aromatic carbocycles. The maximum Gasteiger partial charge on any atom is 0.171 e. The van der Waals surface area contributed by atoms with Gasteiger partial charge in [0.2, 0.25) is 0 Å². The van der Waals surface area contributed by atoms with Gasteiger partial charge in [-0.25, -0.2) is 4.39 Å². The first-order chi connectivity index (χ1) is 8.46. The van der Waals surface area contributed by atoms with E-state index in [9.17, 15) is 4.39 Å². The first kappa shape index (κ1) is 12.8. The molecule has 1 aromatic heterocycles. The van der Waals surface area contributed by atoms with E-state index in [0.717, 1.165) is 11.1 Å². The zero-order valence-electron chi connectivity index (χ0n) is 10.8. The molecule has 2 aromatic rings. The number of hydrogen-bond acceptors (Lipinski definition) is 3. The lowest BCUT2D eigenvalue weighted by atomic mass is 10.1. The second-order valence-electron chi connectivity index (χ2n) is 5.29. The van der Waals surface area contributed by atoms with Crippen molar-refractivity contribution >= 4 is 0 Å². The van der Waals surface area contributed by atoms with E-state index in [1.807, 2.05) is 0 Å². The van der Waals surface area contributed by atoms with Gasteiger partial charge >= 0.3 is 0 Å². The SMILES string of the molecule is CC(C)(C)NCc1cnoc1-c1ccc(F)cc1. The largest absolute Gasteiger partial charge is 0.356 e. The quantitative estimate of drug-likeness (QED) is 0.905. The van der Waals surface area contributed by atoms with Crippen LogP contribution in [0.4, 0.5) is 4.39 Å². The molecule has 0 bridgehead atoms. The third kappa shape index (κ3) is 3.17. The molecule has 0 saturated heterocycles. The molecule has 18 heavy (non-hydrogen) atoms. The molecule has 1 N–H and O–H groups in total. The predicted octanol–water partition coefficient (Wildman–Crippen LogP) is 3.37. The van der Waals surface area contributed by atoms with Crippen molar-refractivity contribution in [3.05, 3.63) is 41.8 Å². The Bertz CT molecular complexity index is 511. The van der Waals surface area contributed by atoms with Crippen LogP contribution in [-0.4, -0.2) is 10.7 Å². The maximum atomic E-state index is 12.9. The number of benzene rings is 1. The van der Waals surface area contributed by atoms with E-state index in [1.165, 1.54) is 12.1 Å². The third-order valence-corrected chi connectivity index (χ3v) is 2.56. The molecule has 0 amide bonds. The summed E-state index contributed by atoms with van der Waals surface area (Å²) in [6, 6.07) is 6.21. The van der Waals surface area contributed by atoms with E-state index in [4.69, 9.17) is 4.52 Å². The van der Waals surface area contributed by atoms with Gasteiger partial charge in [-0.3, -0.25) is 0 Å². The minimum Gasteiger partial charge on any atom is -0.356 e. The molecule has 0 radical (unpaired) electrons. The average Bonchev–Trinajstić information content (AvgIpc) is 2.75. The molecular weight excluding hydrogens is 231 g/mol. The Labute approximate surface area is 106 Å². The highest BCUT2D eigenvalue weighted by molar-refractivity contribution is 5.60. The summed E-state index contributed by atoms with van der Waals surface area (Å²) >= 11 is 0. The summed E-state index contributed by atoms with van der Waals surface area (Å²) in [5.74, 6) is 0.430. The van der Waals surface area contributed by atoms with Crippen LogP contribution in [0.2, 0.25) is 0 Å². The van der Waals surface area contributed by atoms with E-state index in [-0.39, 0.29) is 11.4 Å². The van der Waals surface area contributed by atoms with E-state index in [1.54, 1.807) is 18.3 Å². The Morgan fingerprint density at radius 2 is 1.89 bits per heavy atom. The van der Waals surface area contributed by atoms with Crippen LogP contribution in [0.15, 0.2) is 35.0 Å². The minimum absolute atomic E-state index is 0.0251. The number of halogens is 1. The monoisotopic (exact) mass is 248 g/mol. The topological polar surface area (TPSA) is 38.1 Å². The molecule has 1 heterocycles. The van der Waals surface area contributed by atoms with Gasteiger partial charge in [-0.2, -0.15) is 0 Å². The first-order valence-electron chi connectivity index (χ1n) is 5.90. The minimum atomic E-state index is -0.257. The number of nitrogens with one attached hydrogen (secondary N) is 1. The fourth-order valence-corrected chi connectivity index (χ4v) is 1.59. The second kappa shape index (κ2) is 4.90. The van der Waals surface area contributed by atoms with E-state index in [2.05, 4.69) is 31.2 Å². The maximum absolute atomic E-state index is 12.9. The molecule has 0 saturated carbocycles. The smallest absolute Gasteiger partial charge is 0.171 e. The van der Waals surface area contributed by atoms with Crippen molar-refractivity contribution in [1.82, 2.24) is 10.5 Å². The molecule has 0 aliphatic heterocycles. The van der Waals surface area contributed by atoms with Gasteiger partial charge in [0.15, 0.2) is 5.76 Å². The van der Waals surface area contributed by atoms with Gasteiger partial charge in [-0.15, -0.1) is 0 Å². The number of rotatable bonds is 3. The zero-order valence-corrected chi connectivity index (χ0v) is 10.8. The van der Waals surface area contributed by atoms with Crippen LogP contribution in [0.5, 0.6) is 0 Å². The van der Waals surface area contributed by atoms with Gasteiger partial charge in [0, 0.05) is 23.2 Å². The molecular formula is C14H17FN2O. The molecule has 3 nitrogen and oxygen atoms in total. The van der Waals surface area contributed by atoms with Crippen LogP contribution in [0.1, 0.15) is 26.3 Å². The van der Waals surface area contributed by atoms with Gasteiger partial charge in [-0.1, -0.05) is 5.16 Å². The second-order valence-corrected chi connectivity index (χ2v) is 5.29. The van der Waals surface area contributed by atoms with Gasteiger partial charge in [0.1, 0.15) is 5.82 Å². The van der Waals surface area contributed by atoms with Crippen LogP contribution in [0.25, 0.3) is 11.3 Å². The zero-order chi connectivity index (χ0) is 13.2. The molecule has 4 heteroatoms. The Morgan fingerprint density at radius 1 is 1.22 bits per heavy atom. The molecule has 0 unspecified atom stereocenters. The molecule has 2 rings (SSSR count). The first-order valence-corrected chi connectivity index (χ1v) is 5.90. The third-order valence-electron chi connectivity index (χ3n) is 2.56. The fraction of sp³-hybridized carbons (Fsp3) is 0.357. The lowest BCUT2D eigenvalue weighted by Gasteiger charge is -2.20. The van der Waals surface area contributed by atoms with E-state index >= 15 is 0 Å². The van der Waals surface area contributed by atoms with Crippen LogP contribution in [0.3, 0.4) is 0 Å². The normalized spacial score (nSPS) is 11.8. The van der Waals surface area contributed by atoms with Crippen molar-refractivity contribution < 1.29 is 8.91 Å². The van der Waals surface area contributed by atoms with Crippen LogP contribution in [0, 0.1) is 5.82 Å². The number of nitrogens with zero attached hydrogens (tertiary/aromatic N) is 1. The number of hydrogen-bond donors (Lipinski definition) is 1. The summed E-state index contributed by atoms with van der Waals surface area (Å²) in [7, 11) is 0. The summed E-state index contributed by atoms with van der Waals surface area (Å²) in [4.78, 5) is 0. The standard InChI is InChI=1S/C14H17FN2O/c1-14(2,3)16-8-11-9-17-18-13(11)10-4-6-12(15)7-5-10/h4-7,9,16H,8H2,1-3H3. The molecule has 96 valence electrons. The van der Waals surface area contributed by atoms with Crippen LogP contribution >= 0.6 is 0 Å². The van der Waals surface area contributed by atoms with Gasteiger partial charge in [0.05, 0.1) is 6.20 Å². The van der Waals surface area contributed by atoms with Gasteiger partial charge < -0.3 is 9.84 Å². The lowest BCUT2D eigenvalue weighted by molar-refractivity contribution is 0.418. The summed E-state index contributed by atoms with van der Waals surface area (Å²) in [6.07, 6.45) is 1.69. The summed E-state index contributed by atoms with van der Waals surface area (Å²) in [5.41, 5.74) is 1.83. The van der Waals surface area contributed by atoms with Crippen molar-refractivity contribution in [2.45, 2.75) is 32.9 Å². The highest BCUT2D eigenvalue weighted by Gasteiger charge is 2.14. The Balaban J connectivity index is 2.20. The summed E-state index contributed by atoms with van der Waals surface area (Å²) < 4.78 is 18.1. The molecule has 0 fully saturated rings. The predicted molar refractivity (Wildman–Crippen MR) is 68.5 cm³/mol. The van der Waals surface area contributed by atoms with Crippen molar-refractivity contribution in [2.24, 2.45) is 0 Å². The van der Waals surface area contributed by atoms with Crippen molar-refractivity contribution in [1.29, 1.82) is 0 Å². The van der Waals surface area contributed by atoms with E-state index < -0.39 is 0 Å². The van der Waals surface area contributed by atoms with Gasteiger partial charge in [-0.05, 0) is 45.0 Å². The highest BCUT2D eigenvalue weighted by atomic mass is 19.1. The summed E-state index contributed by atoms with van der Waals surface area (Å²) in [6.45, 7) is 6.95. The molecule has 0 spiro atoms. The van der Waals surface area contributed by atoms with Crippen molar-refractivity contribution in [2.75, 3.05) is 0 Å². The van der Waals surface area contributed by atoms with Crippen molar-refractivity contribution in [3.63, 3.8) is 0 Å². The van der Waals surface area contributed by atoms with Crippen LogP contribution in [-0.2, 0) is 6.54 Å². The molecule has 0 aliphatic rings. The molecule has 0 atom stereocenters. The fourth-order valence-electron chi connectivity index (χ4n) is 1.59. The van der Waals surface area contributed by atoms with Gasteiger partial charge in [0.25, 0.3) is 0 Å². The molecule has 0 aliphatic carbocycles. The van der Waals surface area contributed by atoms with Crippen LogP contribution < -0.4 is 5.32 Å². The average molecular weight is 248 g/mol. The number of aromatic nitrogens is 1.